The minimum Gasteiger partial charge on any atom is -0.462 e. The number of halogens is 5. The maximum atomic E-state index is 13.8. The van der Waals surface area contributed by atoms with Gasteiger partial charge in [0.15, 0.2) is 37.0 Å². The fourth-order valence-electron chi connectivity index (χ4n) is 6.18. The highest BCUT2D eigenvalue weighted by atomic mass is 32.2. The fourth-order valence-corrected chi connectivity index (χ4v) is 6.59. The van der Waals surface area contributed by atoms with Gasteiger partial charge in [-0.25, -0.2) is 49.4 Å². The zero-order valence-corrected chi connectivity index (χ0v) is 36.5. The Balaban J connectivity index is 0.958. The molecule has 4 rings (SSSR count). The van der Waals surface area contributed by atoms with E-state index < -0.39 is 109 Å². The number of nitrogens with zero attached hydrogens (tertiary/aromatic N) is 3. The molecule has 9 atom stereocenters. The molecule has 374 valence electrons. The number of carbonyl (C=O) groups excluding carboxylic acids is 3. The van der Waals surface area contributed by atoms with E-state index in [1.807, 2.05) is 0 Å². The number of rotatable bonds is 27. The first-order valence-electron chi connectivity index (χ1n) is 20.8. The fraction of sp³-hybridized carbons (Fsp3) is 0.711. The normalized spacial score (nSPS) is 26.6. The molecule has 66 heavy (non-hydrogen) atoms. The van der Waals surface area contributed by atoms with Gasteiger partial charge in [-0.1, -0.05) is 5.21 Å². The summed E-state index contributed by atoms with van der Waals surface area (Å²) in [7, 11) is -3.85. The van der Waals surface area contributed by atoms with Crippen molar-refractivity contribution < 1.29 is 93.2 Å². The average molecular weight is 978 g/mol. The highest BCUT2D eigenvalue weighted by Gasteiger charge is 2.55. The first-order valence-corrected chi connectivity index (χ1v) is 22.7. The molecule has 2 aromatic rings. The van der Waals surface area contributed by atoms with Crippen LogP contribution in [0.15, 0.2) is 30.5 Å². The van der Waals surface area contributed by atoms with Gasteiger partial charge >= 0.3 is 18.0 Å². The van der Waals surface area contributed by atoms with Gasteiger partial charge in [0.1, 0.15) is 30.2 Å². The molecule has 4 unspecified atom stereocenters. The van der Waals surface area contributed by atoms with Crippen LogP contribution in [0.4, 0.5) is 37.2 Å². The molecule has 7 N–H and O–H groups in total. The van der Waals surface area contributed by atoms with Gasteiger partial charge in [-0.05, 0) is 43.5 Å². The monoisotopic (exact) mass is 977 g/mol. The number of benzene rings is 1. The summed E-state index contributed by atoms with van der Waals surface area (Å²) in [6.07, 6.45) is -20.5. The molecular weight excluding hydrogens is 922 g/mol. The van der Waals surface area contributed by atoms with Crippen LogP contribution in [-0.2, 0) is 56.2 Å². The summed E-state index contributed by atoms with van der Waals surface area (Å²) in [5.41, 5.74) is 1.19. The van der Waals surface area contributed by atoms with Crippen molar-refractivity contribution in [2.75, 3.05) is 77.5 Å². The Morgan fingerprint density at radius 3 is 1.97 bits per heavy atom. The zero-order valence-electron chi connectivity index (χ0n) is 35.7. The topological polar surface area (TPSA) is 289 Å². The second-order valence-corrected chi connectivity index (χ2v) is 16.7. The van der Waals surface area contributed by atoms with E-state index in [2.05, 4.69) is 31.0 Å². The van der Waals surface area contributed by atoms with E-state index in [0.29, 0.717) is 51.4 Å². The van der Waals surface area contributed by atoms with Crippen LogP contribution in [-0.4, -0.2) is 197 Å². The average Bonchev–Trinajstić information content (AvgIpc) is 3.73. The van der Waals surface area contributed by atoms with Crippen molar-refractivity contribution in [3.63, 3.8) is 0 Å². The quantitative estimate of drug-likeness (QED) is 0.0351. The van der Waals surface area contributed by atoms with Gasteiger partial charge in [0.25, 0.3) is 0 Å². The molecule has 4 amide bonds. The molecule has 1 aliphatic carbocycles. The molecule has 28 heteroatoms. The molecule has 1 aromatic carbocycles. The van der Waals surface area contributed by atoms with Crippen LogP contribution >= 0.6 is 0 Å². The molecule has 0 radical (unpaired) electrons. The van der Waals surface area contributed by atoms with Crippen molar-refractivity contribution in [3.05, 3.63) is 36.2 Å². The summed E-state index contributed by atoms with van der Waals surface area (Å²) in [5.74, 6) is -0.971. The van der Waals surface area contributed by atoms with E-state index in [9.17, 15) is 60.1 Å². The number of hydrogen-bond acceptors (Lipinski definition) is 17. The SMILES string of the molecule is CS(=O)(=O)NC(=O)NC[C@H]1O[C@H](Oc2ccc(NC(=O)NCCCCc3cn(CCOCCOCCOCCOCCC(=O)OC4C(F)C(F)C(F)C(F)C4F)nn3)cc2)[C@@H](O)[C@@H](O)[C@@H]1O. The number of alkyl halides is 5. The second kappa shape index (κ2) is 27.3. The number of unbranched alkanes of at least 4 members (excludes halogenated alkanes) is 1. The molecule has 1 aliphatic heterocycles. The van der Waals surface area contributed by atoms with Crippen LogP contribution in [0.1, 0.15) is 25.0 Å². The number of esters is 1. The lowest BCUT2D eigenvalue weighted by Gasteiger charge is -2.40. The third-order valence-corrected chi connectivity index (χ3v) is 10.2. The Labute approximate surface area is 376 Å². The molecule has 0 spiro atoms. The van der Waals surface area contributed by atoms with Gasteiger partial charge < -0.3 is 64.4 Å². The van der Waals surface area contributed by atoms with E-state index >= 15 is 0 Å². The maximum absolute atomic E-state index is 13.8. The predicted molar refractivity (Wildman–Crippen MR) is 217 cm³/mol. The smallest absolute Gasteiger partial charge is 0.328 e. The standard InChI is InChI=1S/C38H56F5N7O15S/c1-66(57,58)48-38(56)45-20-25-32(52)33(53)34(54)36(64-25)63-24-7-5-22(6-8-24)46-37(55)44-10-3-2-4-23-21-50(49-47-23)11-13-60-15-17-62-19-18-61-16-14-59-12-9-26(51)65-35-30(42)28(40)27(39)29(41)31(35)43/h5-8,21,25,27-36,52-54H,2-4,9-20H2,1H3,(H2,44,46,55)(H2,45,48,56)/t25-,27?,28?,29?,30?,31?,32-,33+,34+,35?,36+/m1/s1. The predicted octanol–water partition coefficient (Wildman–Crippen LogP) is -0.0599. The lowest BCUT2D eigenvalue weighted by atomic mass is 9.89. The number of anilines is 1. The van der Waals surface area contributed by atoms with Crippen LogP contribution in [0.3, 0.4) is 0 Å². The lowest BCUT2D eigenvalue weighted by molar-refractivity contribution is -0.270. The summed E-state index contributed by atoms with van der Waals surface area (Å²) < 4.78 is 131. The Kier molecular flexibility index (Phi) is 22.4. The van der Waals surface area contributed by atoms with Gasteiger partial charge in [0, 0.05) is 25.0 Å². The Morgan fingerprint density at radius 2 is 1.35 bits per heavy atom. The summed E-state index contributed by atoms with van der Waals surface area (Å²) in [5, 5.41) is 46.7. The van der Waals surface area contributed by atoms with Crippen molar-refractivity contribution in [2.24, 2.45) is 0 Å². The van der Waals surface area contributed by atoms with Gasteiger partial charge in [-0.3, -0.25) is 4.79 Å². The van der Waals surface area contributed by atoms with Crippen LogP contribution in [0.2, 0.25) is 0 Å². The van der Waals surface area contributed by atoms with Crippen molar-refractivity contribution in [2.45, 2.75) is 99.9 Å². The van der Waals surface area contributed by atoms with E-state index in [1.54, 1.807) is 15.6 Å². The Bertz CT molecular complexity index is 1880. The maximum Gasteiger partial charge on any atom is 0.328 e. The number of carbonyl (C=O) groups is 3. The van der Waals surface area contributed by atoms with Gasteiger partial charge in [0.2, 0.25) is 16.3 Å². The van der Waals surface area contributed by atoms with E-state index in [1.165, 1.54) is 24.3 Å². The van der Waals surface area contributed by atoms with Crippen LogP contribution in [0.5, 0.6) is 5.75 Å². The third kappa shape index (κ3) is 18.3. The first-order chi connectivity index (χ1) is 31.4. The van der Waals surface area contributed by atoms with Gasteiger partial charge in [-0.2, -0.15) is 0 Å². The number of amides is 4. The van der Waals surface area contributed by atoms with Crippen molar-refractivity contribution in [1.82, 2.24) is 30.3 Å². The molecule has 2 heterocycles. The van der Waals surface area contributed by atoms with E-state index in [4.69, 9.17) is 28.4 Å². The molecule has 2 aliphatic rings. The zero-order chi connectivity index (χ0) is 48.2. The molecule has 2 fully saturated rings. The van der Waals surface area contributed by atoms with Gasteiger partial charge in [0.05, 0.1) is 77.8 Å². The number of hydrogen-bond donors (Lipinski definition) is 7. The highest BCUT2D eigenvalue weighted by Crippen LogP contribution is 2.34. The van der Waals surface area contributed by atoms with Gasteiger partial charge in [-0.15, -0.1) is 5.10 Å². The number of aryl methyl sites for hydroxylation is 1. The number of aromatic nitrogens is 3. The van der Waals surface area contributed by atoms with Crippen molar-refractivity contribution >= 4 is 33.7 Å². The van der Waals surface area contributed by atoms with Crippen LogP contribution in [0, 0.1) is 0 Å². The summed E-state index contributed by atoms with van der Waals surface area (Å²) in [4.78, 5) is 35.9. The van der Waals surface area contributed by atoms with Crippen molar-refractivity contribution in [3.8, 4) is 5.75 Å². The summed E-state index contributed by atoms with van der Waals surface area (Å²) >= 11 is 0. The molecule has 1 saturated heterocycles. The number of sulfonamides is 1. The van der Waals surface area contributed by atoms with Crippen LogP contribution in [0.25, 0.3) is 0 Å². The third-order valence-electron chi connectivity index (χ3n) is 9.65. The highest BCUT2D eigenvalue weighted by molar-refractivity contribution is 7.89. The molecule has 1 saturated carbocycles. The first kappa shape index (κ1) is 54.1. The number of urea groups is 2. The Morgan fingerprint density at radius 1 is 0.758 bits per heavy atom. The number of nitrogens with one attached hydrogen (secondary N) is 4. The molecular formula is C38H56F5N7O15S. The summed E-state index contributed by atoms with van der Waals surface area (Å²) in [6, 6.07) is 4.43. The molecule has 22 nitrogen and oxygen atoms in total. The number of aliphatic hydroxyl groups is 3. The van der Waals surface area contributed by atoms with E-state index in [0.717, 1.165) is 18.4 Å². The van der Waals surface area contributed by atoms with Crippen molar-refractivity contribution in [1.29, 1.82) is 0 Å². The molecule has 0 bridgehead atoms. The minimum atomic E-state index is -3.85. The number of ether oxygens (including phenoxy) is 7. The summed E-state index contributed by atoms with van der Waals surface area (Å²) in [6.45, 7) is 1.94. The second-order valence-electron chi connectivity index (χ2n) is 14.9. The largest absolute Gasteiger partial charge is 0.462 e. The van der Waals surface area contributed by atoms with E-state index in [-0.39, 0.29) is 38.8 Å². The Hall–Kier alpha value is -4.55. The lowest BCUT2D eigenvalue weighted by Crippen LogP contribution is -2.61. The minimum absolute atomic E-state index is 0.0712. The molecule has 1 aromatic heterocycles. The number of aliphatic hydroxyl groups excluding tert-OH is 3. The van der Waals surface area contributed by atoms with Crippen LogP contribution < -0.4 is 25.4 Å².